The van der Waals surface area contributed by atoms with E-state index in [1.165, 1.54) is 60.4 Å². The van der Waals surface area contributed by atoms with E-state index in [1.807, 2.05) is 17.5 Å². The van der Waals surface area contributed by atoms with Gasteiger partial charge in [0.05, 0.1) is 16.8 Å². The summed E-state index contributed by atoms with van der Waals surface area (Å²) >= 11 is 8.48. The Labute approximate surface area is 221 Å². The summed E-state index contributed by atoms with van der Waals surface area (Å²) in [6, 6.07) is 11.7. The lowest BCUT2D eigenvalue weighted by Crippen LogP contribution is -2.56. The van der Waals surface area contributed by atoms with Gasteiger partial charge in [0.1, 0.15) is 5.01 Å². The van der Waals surface area contributed by atoms with Gasteiger partial charge in [-0.05, 0) is 98.3 Å². The van der Waals surface area contributed by atoms with E-state index in [0.29, 0.717) is 0 Å². The molecule has 0 fully saturated rings. The van der Waals surface area contributed by atoms with E-state index in [1.54, 1.807) is 11.3 Å². The summed E-state index contributed by atoms with van der Waals surface area (Å²) in [4.78, 5) is 6.07. The predicted octanol–water partition coefficient (Wildman–Crippen LogP) is 6.45. The number of nitrogens with zero attached hydrogens (tertiary/aromatic N) is 1. The number of benzene rings is 2. The van der Waals surface area contributed by atoms with Gasteiger partial charge in [-0.1, -0.05) is 68.6 Å². The summed E-state index contributed by atoms with van der Waals surface area (Å²) in [7, 11) is 0. The zero-order valence-corrected chi connectivity index (χ0v) is 24.5. The van der Waals surface area contributed by atoms with Crippen LogP contribution in [-0.2, 0) is 0 Å². The number of aromatic nitrogens is 1. The molecule has 6 heteroatoms. The van der Waals surface area contributed by atoms with Gasteiger partial charge in [0.25, 0.3) is 0 Å². The highest BCUT2D eigenvalue weighted by Crippen LogP contribution is 2.32. The van der Waals surface area contributed by atoms with Gasteiger partial charge < -0.3 is 0 Å². The Morgan fingerprint density at radius 3 is 1.58 bits per heavy atom. The van der Waals surface area contributed by atoms with Gasteiger partial charge in [0.15, 0.2) is 0 Å². The number of thiazole rings is 1. The van der Waals surface area contributed by atoms with Crippen molar-refractivity contribution in [3.8, 4) is 9.88 Å². The second-order valence-electron chi connectivity index (χ2n) is 8.36. The van der Waals surface area contributed by atoms with Crippen molar-refractivity contribution in [1.29, 1.82) is 0 Å². The van der Waals surface area contributed by atoms with Crippen molar-refractivity contribution in [2.45, 2.75) is 41.5 Å². The summed E-state index contributed by atoms with van der Waals surface area (Å²) < 4.78 is 2.53. The van der Waals surface area contributed by atoms with E-state index in [0.717, 1.165) is 5.01 Å². The fourth-order valence-electron chi connectivity index (χ4n) is 4.86. The maximum absolute atomic E-state index is 4.77. The third kappa shape index (κ3) is 4.68. The molecule has 0 aliphatic rings. The van der Waals surface area contributed by atoms with Crippen LogP contribution in [0.2, 0.25) is 0 Å². The zero-order valence-electron chi connectivity index (χ0n) is 18.6. The Kier molecular flexibility index (Phi) is 7.01. The first-order chi connectivity index (χ1) is 14.7. The van der Waals surface area contributed by atoms with Crippen LogP contribution in [-0.4, -0.2) is 11.7 Å². The third-order valence-corrected chi connectivity index (χ3v) is 9.56. The van der Waals surface area contributed by atoms with Gasteiger partial charge in [-0.2, -0.15) is 0 Å². The summed E-state index contributed by atoms with van der Waals surface area (Å²) in [5.41, 5.74) is 12.3. The maximum atomic E-state index is 4.77. The van der Waals surface area contributed by atoms with Crippen molar-refractivity contribution >= 4 is 91.0 Å². The average Bonchev–Trinajstić information content (AvgIpc) is 3.24. The molecule has 158 valence electrons. The molecule has 0 atom stereocenters. The molecule has 2 heterocycles. The molecule has 0 amide bonds. The summed E-state index contributed by atoms with van der Waals surface area (Å²) in [6.07, 6.45) is 1.98. The minimum absolute atomic E-state index is 0.192. The Morgan fingerprint density at radius 1 is 0.677 bits per heavy atom. The topological polar surface area (TPSA) is 12.9 Å². The average molecular weight is 667 g/mol. The minimum Gasteiger partial charge on any atom is -0.243 e. The molecule has 4 rings (SSSR count). The number of rotatable bonds is 4. The van der Waals surface area contributed by atoms with Crippen molar-refractivity contribution in [3.05, 3.63) is 75.7 Å². The normalized spacial score (nSPS) is 11.2. The molecule has 2 aromatic heterocycles. The fraction of sp³-hybridized carbons (Fsp3) is 0.240. The van der Waals surface area contributed by atoms with E-state index in [-0.39, 0.29) is 6.71 Å². The van der Waals surface area contributed by atoms with Gasteiger partial charge in [0.2, 0.25) is 6.71 Å². The van der Waals surface area contributed by atoms with E-state index in [4.69, 9.17) is 4.98 Å². The smallest absolute Gasteiger partial charge is 0.243 e. The molecule has 0 saturated heterocycles. The molecule has 0 bridgehead atoms. The van der Waals surface area contributed by atoms with Crippen LogP contribution in [0.4, 0.5) is 0 Å². The van der Waals surface area contributed by atoms with E-state index >= 15 is 0 Å². The Bertz CT molecular complexity index is 1190. The highest BCUT2D eigenvalue weighted by atomic mass is 127. The number of hydrogen-bond donors (Lipinski definition) is 0. The van der Waals surface area contributed by atoms with E-state index < -0.39 is 0 Å². The van der Waals surface area contributed by atoms with Crippen molar-refractivity contribution in [1.82, 2.24) is 4.98 Å². The first-order valence-electron chi connectivity index (χ1n) is 10.2. The van der Waals surface area contributed by atoms with Crippen LogP contribution < -0.4 is 16.4 Å². The van der Waals surface area contributed by atoms with E-state index in [9.17, 15) is 0 Å². The largest absolute Gasteiger partial charge is 0.244 e. The fourth-order valence-corrected chi connectivity index (χ4v) is 8.30. The monoisotopic (exact) mass is 667 g/mol. The lowest BCUT2D eigenvalue weighted by Gasteiger charge is -2.24. The van der Waals surface area contributed by atoms with Crippen LogP contribution in [0.5, 0.6) is 0 Å². The maximum Gasteiger partial charge on any atom is 0.244 e. The minimum atomic E-state index is 0.192. The molecule has 0 unspecified atom stereocenters. The molecular weight excluding hydrogens is 643 g/mol. The Hall–Kier alpha value is -0.705. The van der Waals surface area contributed by atoms with Gasteiger partial charge in [-0.3, -0.25) is 0 Å². The first kappa shape index (κ1) is 23.5. The highest BCUT2D eigenvalue weighted by molar-refractivity contribution is 14.1. The summed E-state index contributed by atoms with van der Waals surface area (Å²) in [5, 5.41) is 1.13. The summed E-state index contributed by atoms with van der Waals surface area (Å²) in [6.45, 7) is 13.6. The molecule has 2 aromatic carbocycles. The second-order valence-corrected chi connectivity index (χ2v) is 14.2. The van der Waals surface area contributed by atoms with Crippen LogP contribution in [0, 0.1) is 47.3 Å². The zero-order chi connectivity index (χ0) is 22.4. The van der Waals surface area contributed by atoms with Crippen molar-refractivity contribution < 1.29 is 0 Å². The van der Waals surface area contributed by atoms with Crippen LogP contribution in [0.1, 0.15) is 33.4 Å². The van der Waals surface area contributed by atoms with Crippen molar-refractivity contribution in [2.75, 3.05) is 0 Å². The molecule has 4 aromatic rings. The first-order valence-corrected chi connectivity index (χ1v) is 14.0. The second kappa shape index (κ2) is 9.27. The molecule has 0 spiro atoms. The SMILES string of the molecule is Cc1cc(C)c(B(c2cc(I)sc2-c2ncc(I)s2)c2c(C)cc(C)cc2C)c(C)c1. The lowest BCUT2D eigenvalue weighted by molar-refractivity contribution is 1.34. The molecule has 0 radical (unpaired) electrons. The number of halogens is 2. The molecular formula is C25H24BI2NS2. The Balaban J connectivity index is 2.08. The van der Waals surface area contributed by atoms with Crippen molar-refractivity contribution in [2.24, 2.45) is 0 Å². The molecule has 0 aliphatic heterocycles. The van der Waals surface area contributed by atoms with Crippen LogP contribution >= 0.6 is 67.9 Å². The number of aryl methyl sites for hydroxylation is 6. The highest BCUT2D eigenvalue weighted by Gasteiger charge is 2.32. The predicted molar refractivity (Wildman–Crippen MR) is 157 cm³/mol. The molecule has 0 aliphatic carbocycles. The quantitative estimate of drug-likeness (QED) is 0.180. The molecule has 0 saturated carbocycles. The number of thiophene rings is 1. The third-order valence-electron chi connectivity index (χ3n) is 5.77. The lowest BCUT2D eigenvalue weighted by atomic mass is 9.34. The molecule has 1 nitrogen and oxygen atoms in total. The van der Waals surface area contributed by atoms with Gasteiger partial charge in [-0.15, -0.1) is 22.7 Å². The van der Waals surface area contributed by atoms with E-state index in [2.05, 4.69) is 117 Å². The molecule has 31 heavy (non-hydrogen) atoms. The van der Waals surface area contributed by atoms with Crippen LogP contribution in [0.15, 0.2) is 36.5 Å². The Morgan fingerprint density at radius 2 is 1.16 bits per heavy atom. The van der Waals surface area contributed by atoms with Gasteiger partial charge in [-0.25, -0.2) is 4.98 Å². The molecule has 0 N–H and O–H groups in total. The standard InChI is InChI=1S/C25H24BI2NS2/c1-13-7-15(3)22(16(4)8-13)26(23-17(5)9-14(2)10-18(23)6)19-11-20(27)30-24(19)25-29-12-21(28)31-25/h7-12H,1-6H3. The van der Waals surface area contributed by atoms with Crippen LogP contribution in [0.25, 0.3) is 9.88 Å². The van der Waals surface area contributed by atoms with Gasteiger partial charge in [0, 0.05) is 0 Å². The summed E-state index contributed by atoms with van der Waals surface area (Å²) in [5.74, 6) is 0. The van der Waals surface area contributed by atoms with Gasteiger partial charge >= 0.3 is 0 Å². The number of hydrogen-bond acceptors (Lipinski definition) is 3. The van der Waals surface area contributed by atoms with Crippen molar-refractivity contribution in [3.63, 3.8) is 0 Å². The van der Waals surface area contributed by atoms with Crippen LogP contribution in [0.3, 0.4) is 0 Å².